The molecular weight excluding hydrogens is 404 g/mol. The number of H-pyrrole nitrogens is 1. The number of nitrogens with zero attached hydrogens (tertiary/aromatic N) is 4. The lowest BCUT2D eigenvalue weighted by Crippen LogP contribution is -2.45. The molecule has 1 aromatic carbocycles. The Morgan fingerprint density at radius 2 is 2.19 bits per heavy atom. The van der Waals surface area contributed by atoms with E-state index in [-0.39, 0.29) is 5.41 Å². The standard InChI is InChI=1S/C20H27BrN6/c1-2-22-19(27-10-6-15(7-11-27)18-24-14-25-26-18)23-13-20(8-9-20)16-4-3-5-17(21)12-16/h3-5,12,14-15H,2,6-11,13H2,1H3,(H,22,23)(H,24,25,26). The van der Waals surface area contributed by atoms with Gasteiger partial charge >= 0.3 is 0 Å². The molecule has 2 fully saturated rings. The summed E-state index contributed by atoms with van der Waals surface area (Å²) >= 11 is 3.60. The van der Waals surface area contributed by atoms with Gasteiger partial charge in [0.1, 0.15) is 12.2 Å². The van der Waals surface area contributed by atoms with E-state index >= 15 is 0 Å². The summed E-state index contributed by atoms with van der Waals surface area (Å²) in [4.78, 5) is 11.8. The van der Waals surface area contributed by atoms with Crippen molar-refractivity contribution in [2.45, 2.75) is 43.9 Å². The van der Waals surface area contributed by atoms with Crippen molar-refractivity contribution < 1.29 is 0 Å². The number of likely N-dealkylation sites (tertiary alicyclic amines) is 1. The maximum Gasteiger partial charge on any atom is 0.193 e. The van der Waals surface area contributed by atoms with Crippen molar-refractivity contribution in [3.63, 3.8) is 0 Å². The van der Waals surface area contributed by atoms with Crippen LogP contribution < -0.4 is 5.32 Å². The summed E-state index contributed by atoms with van der Waals surface area (Å²) in [5.74, 6) is 2.54. The lowest BCUT2D eigenvalue weighted by molar-refractivity contribution is 0.298. The second-order valence-corrected chi connectivity index (χ2v) is 8.51. The van der Waals surface area contributed by atoms with Crippen LogP contribution in [-0.2, 0) is 5.41 Å². The van der Waals surface area contributed by atoms with E-state index in [9.17, 15) is 0 Å². The van der Waals surface area contributed by atoms with Crippen molar-refractivity contribution in [2.75, 3.05) is 26.2 Å². The SMILES string of the molecule is CCNC(=NCC1(c2cccc(Br)c2)CC1)N1CCC(c2ncn[nH]2)CC1. The molecule has 1 saturated carbocycles. The zero-order valence-corrected chi connectivity index (χ0v) is 17.4. The fraction of sp³-hybridized carbons (Fsp3) is 0.550. The van der Waals surface area contributed by atoms with Crippen LogP contribution in [0.25, 0.3) is 0 Å². The molecule has 4 rings (SSSR count). The lowest BCUT2D eigenvalue weighted by atomic mass is 9.96. The van der Waals surface area contributed by atoms with Crippen LogP contribution in [0.4, 0.5) is 0 Å². The molecular formula is C20H27BrN6. The maximum absolute atomic E-state index is 5.05. The van der Waals surface area contributed by atoms with E-state index in [0.29, 0.717) is 5.92 Å². The van der Waals surface area contributed by atoms with Crippen molar-refractivity contribution in [1.29, 1.82) is 0 Å². The van der Waals surface area contributed by atoms with Crippen LogP contribution in [0.1, 0.15) is 49.9 Å². The molecule has 2 aromatic rings. The summed E-state index contributed by atoms with van der Waals surface area (Å²) < 4.78 is 1.15. The van der Waals surface area contributed by atoms with Crippen LogP contribution in [0, 0.1) is 0 Å². The second kappa shape index (κ2) is 8.00. The first-order valence-electron chi connectivity index (χ1n) is 9.85. The van der Waals surface area contributed by atoms with Gasteiger partial charge in [0.25, 0.3) is 0 Å². The topological polar surface area (TPSA) is 69.2 Å². The van der Waals surface area contributed by atoms with E-state index in [0.717, 1.165) is 55.3 Å². The number of aliphatic imine (C=N–C) groups is 1. The van der Waals surface area contributed by atoms with Crippen LogP contribution >= 0.6 is 15.9 Å². The smallest absolute Gasteiger partial charge is 0.193 e. The van der Waals surface area contributed by atoms with Crippen LogP contribution in [0.2, 0.25) is 0 Å². The zero-order chi connectivity index (χ0) is 18.7. The van der Waals surface area contributed by atoms with Crippen molar-refractivity contribution in [3.05, 3.63) is 46.5 Å². The Labute approximate surface area is 169 Å². The zero-order valence-electron chi connectivity index (χ0n) is 15.8. The first kappa shape index (κ1) is 18.5. The molecule has 144 valence electrons. The van der Waals surface area contributed by atoms with Gasteiger partial charge in [0.05, 0.1) is 6.54 Å². The van der Waals surface area contributed by atoms with Gasteiger partial charge in [0, 0.05) is 35.4 Å². The van der Waals surface area contributed by atoms with Gasteiger partial charge in [-0.3, -0.25) is 10.1 Å². The predicted molar refractivity (Wildman–Crippen MR) is 111 cm³/mol. The number of piperidine rings is 1. The molecule has 2 aliphatic rings. The molecule has 7 heteroatoms. The fourth-order valence-corrected chi connectivity index (χ4v) is 4.33. The third-order valence-electron chi connectivity index (χ3n) is 5.77. The molecule has 0 unspecified atom stereocenters. The van der Waals surface area contributed by atoms with Gasteiger partial charge in [-0.1, -0.05) is 28.1 Å². The average molecular weight is 431 g/mol. The van der Waals surface area contributed by atoms with E-state index in [1.807, 2.05) is 0 Å². The molecule has 0 bridgehead atoms. The number of halogens is 1. The van der Waals surface area contributed by atoms with Gasteiger partial charge in [0.2, 0.25) is 0 Å². The molecule has 1 aliphatic carbocycles. The monoisotopic (exact) mass is 430 g/mol. The van der Waals surface area contributed by atoms with Gasteiger partial charge in [-0.05, 0) is 50.3 Å². The Morgan fingerprint density at radius 3 is 2.81 bits per heavy atom. The maximum atomic E-state index is 5.05. The van der Waals surface area contributed by atoms with E-state index in [1.54, 1.807) is 6.33 Å². The molecule has 0 spiro atoms. The Morgan fingerprint density at radius 1 is 1.37 bits per heavy atom. The van der Waals surface area contributed by atoms with Gasteiger partial charge < -0.3 is 10.2 Å². The lowest BCUT2D eigenvalue weighted by Gasteiger charge is -2.33. The van der Waals surface area contributed by atoms with Crippen molar-refractivity contribution in [3.8, 4) is 0 Å². The van der Waals surface area contributed by atoms with Gasteiger partial charge in [-0.2, -0.15) is 5.10 Å². The summed E-state index contributed by atoms with van der Waals surface area (Å²) in [5.41, 5.74) is 1.63. The van der Waals surface area contributed by atoms with E-state index in [1.165, 1.54) is 18.4 Å². The number of nitrogens with one attached hydrogen (secondary N) is 2. The van der Waals surface area contributed by atoms with E-state index in [2.05, 4.69) is 72.5 Å². The number of aromatic nitrogens is 3. The summed E-state index contributed by atoms with van der Waals surface area (Å²) in [6, 6.07) is 8.70. The highest BCUT2D eigenvalue weighted by Crippen LogP contribution is 2.48. The van der Waals surface area contributed by atoms with Gasteiger partial charge in [-0.15, -0.1) is 0 Å². The van der Waals surface area contributed by atoms with Crippen molar-refractivity contribution in [1.82, 2.24) is 25.4 Å². The highest BCUT2D eigenvalue weighted by atomic mass is 79.9. The predicted octanol–water partition coefficient (Wildman–Crippen LogP) is 3.44. The Bertz CT molecular complexity index is 776. The quantitative estimate of drug-likeness (QED) is 0.562. The number of hydrogen-bond acceptors (Lipinski definition) is 3. The number of benzene rings is 1. The summed E-state index contributed by atoms with van der Waals surface area (Å²) in [6.07, 6.45) is 6.21. The van der Waals surface area contributed by atoms with Crippen LogP contribution in [0.5, 0.6) is 0 Å². The van der Waals surface area contributed by atoms with Crippen LogP contribution in [0.15, 0.2) is 40.1 Å². The molecule has 2 N–H and O–H groups in total. The van der Waals surface area contributed by atoms with Crippen LogP contribution in [0.3, 0.4) is 0 Å². The number of rotatable bonds is 5. The fourth-order valence-electron chi connectivity index (χ4n) is 3.94. The number of aromatic amines is 1. The highest BCUT2D eigenvalue weighted by Gasteiger charge is 2.44. The highest BCUT2D eigenvalue weighted by molar-refractivity contribution is 9.10. The van der Waals surface area contributed by atoms with Gasteiger partial charge in [0.15, 0.2) is 5.96 Å². The molecule has 0 amide bonds. The number of hydrogen-bond donors (Lipinski definition) is 2. The Kier molecular flexibility index (Phi) is 5.48. The molecule has 27 heavy (non-hydrogen) atoms. The normalized spacial score (nSPS) is 19.9. The molecule has 6 nitrogen and oxygen atoms in total. The second-order valence-electron chi connectivity index (χ2n) is 7.59. The largest absolute Gasteiger partial charge is 0.357 e. The average Bonchev–Trinajstić information content (AvgIpc) is 3.28. The first-order chi connectivity index (χ1) is 13.2. The minimum Gasteiger partial charge on any atom is -0.357 e. The molecule has 1 saturated heterocycles. The minimum absolute atomic E-state index is 0.225. The third kappa shape index (κ3) is 4.18. The molecule has 0 radical (unpaired) electrons. The number of guanidine groups is 1. The van der Waals surface area contributed by atoms with E-state index < -0.39 is 0 Å². The summed E-state index contributed by atoms with van der Waals surface area (Å²) in [7, 11) is 0. The Hall–Kier alpha value is -1.89. The van der Waals surface area contributed by atoms with Crippen molar-refractivity contribution >= 4 is 21.9 Å². The third-order valence-corrected chi connectivity index (χ3v) is 6.27. The van der Waals surface area contributed by atoms with E-state index in [4.69, 9.17) is 4.99 Å². The van der Waals surface area contributed by atoms with Crippen molar-refractivity contribution in [2.24, 2.45) is 4.99 Å². The minimum atomic E-state index is 0.225. The molecule has 1 aromatic heterocycles. The molecule has 0 atom stereocenters. The summed E-state index contributed by atoms with van der Waals surface area (Å²) in [6.45, 7) is 5.89. The Balaban J connectivity index is 1.42. The van der Waals surface area contributed by atoms with Crippen LogP contribution in [-0.4, -0.2) is 52.2 Å². The van der Waals surface area contributed by atoms with Gasteiger partial charge in [-0.25, -0.2) is 4.98 Å². The summed E-state index contributed by atoms with van der Waals surface area (Å²) in [5, 5.41) is 10.5. The molecule has 1 aliphatic heterocycles. The first-order valence-corrected chi connectivity index (χ1v) is 10.6. The molecule has 2 heterocycles.